The molecule has 0 saturated carbocycles. The highest BCUT2D eigenvalue weighted by Crippen LogP contribution is 2.16. The fourth-order valence-corrected chi connectivity index (χ4v) is 0.887. The van der Waals surface area contributed by atoms with Gasteiger partial charge in [0.2, 0.25) is 0 Å². The van der Waals surface area contributed by atoms with Gasteiger partial charge in [-0.15, -0.1) is 0 Å². The van der Waals surface area contributed by atoms with Crippen molar-refractivity contribution in [2.24, 2.45) is 5.73 Å². The Labute approximate surface area is 48.2 Å². The van der Waals surface area contributed by atoms with E-state index in [2.05, 4.69) is 5.32 Å². The summed E-state index contributed by atoms with van der Waals surface area (Å²) in [5, 5.41) is 2.91. The van der Waals surface area contributed by atoms with E-state index in [-0.39, 0.29) is 6.54 Å². The highest BCUT2D eigenvalue weighted by atomic mass is 19.1. The second kappa shape index (κ2) is 1.99. The molecule has 1 unspecified atom stereocenters. The third-order valence-electron chi connectivity index (χ3n) is 1.56. The van der Waals surface area contributed by atoms with E-state index in [1.165, 1.54) is 0 Å². The molecule has 0 aromatic rings. The summed E-state index contributed by atoms with van der Waals surface area (Å²) in [4.78, 5) is 0. The van der Waals surface area contributed by atoms with Crippen molar-refractivity contribution in [2.75, 3.05) is 19.6 Å². The van der Waals surface area contributed by atoms with E-state index in [0.717, 1.165) is 6.54 Å². The Morgan fingerprint density at radius 2 is 2.50 bits per heavy atom. The molecular weight excluding hydrogens is 107 g/mol. The van der Waals surface area contributed by atoms with E-state index in [1.807, 2.05) is 0 Å². The van der Waals surface area contributed by atoms with E-state index >= 15 is 0 Å². The lowest BCUT2D eigenvalue weighted by atomic mass is 10.1. The molecule has 3 heteroatoms. The van der Waals surface area contributed by atoms with Gasteiger partial charge in [-0.1, -0.05) is 0 Å². The van der Waals surface area contributed by atoms with Crippen LogP contribution in [0.3, 0.4) is 0 Å². The molecule has 1 fully saturated rings. The van der Waals surface area contributed by atoms with E-state index < -0.39 is 5.67 Å². The van der Waals surface area contributed by atoms with Gasteiger partial charge in [-0.2, -0.15) is 0 Å². The number of hydrogen-bond donors (Lipinski definition) is 2. The lowest BCUT2D eigenvalue weighted by Crippen LogP contribution is -2.34. The van der Waals surface area contributed by atoms with Crippen molar-refractivity contribution in [2.45, 2.75) is 12.1 Å². The lowest BCUT2D eigenvalue weighted by molar-refractivity contribution is 0.201. The first-order chi connectivity index (χ1) is 3.77. The Bertz CT molecular complexity index is 78.5. The smallest absolute Gasteiger partial charge is 0.136 e. The minimum Gasteiger partial charge on any atom is -0.327 e. The highest BCUT2D eigenvalue weighted by Gasteiger charge is 2.31. The van der Waals surface area contributed by atoms with Crippen molar-refractivity contribution >= 4 is 0 Å². The first-order valence-electron chi connectivity index (χ1n) is 2.86. The normalized spacial score (nSPS) is 38.2. The van der Waals surface area contributed by atoms with Gasteiger partial charge in [-0.05, 0) is 13.0 Å². The summed E-state index contributed by atoms with van der Waals surface area (Å²) in [6.07, 6.45) is 0.573. The van der Waals surface area contributed by atoms with Crippen LogP contribution in [-0.2, 0) is 0 Å². The van der Waals surface area contributed by atoms with Gasteiger partial charge in [-0.25, -0.2) is 4.39 Å². The van der Waals surface area contributed by atoms with E-state index in [4.69, 9.17) is 5.73 Å². The van der Waals surface area contributed by atoms with Crippen LogP contribution in [0.2, 0.25) is 0 Å². The molecule has 0 bridgehead atoms. The Balaban J connectivity index is 2.40. The van der Waals surface area contributed by atoms with Gasteiger partial charge in [0.15, 0.2) is 0 Å². The van der Waals surface area contributed by atoms with Crippen molar-refractivity contribution in [3.63, 3.8) is 0 Å². The molecule has 8 heavy (non-hydrogen) atoms. The van der Waals surface area contributed by atoms with Crippen LogP contribution in [0, 0.1) is 0 Å². The Morgan fingerprint density at radius 3 is 2.75 bits per heavy atom. The zero-order chi connectivity index (χ0) is 6.04. The zero-order valence-electron chi connectivity index (χ0n) is 4.78. The molecule has 1 rings (SSSR count). The maximum atomic E-state index is 12.9. The lowest BCUT2D eigenvalue weighted by Gasteiger charge is -2.13. The van der Waals surface area contributed by atoms with Crippen molar-refractivity contribution < 1.29 is 4.39 Å². The Morgan fingerprint density at radius 1 is 1.75 bits per heavy atom. The maximum absolute atomic E-state index is 12.9. The summed E-state index contributed by atoms with van der Waals surface area (Å²) in [5.41, 5.74) is 4.06. The Kier molecular flexibility index (Phi) is 1.49. The van der Waals surface area contributed by atoms with Gasteiger partial charge in [0, 0.05) is 13.1 Å². The number of nitrogens with two attached hydrogens (primary N) is 1. The van der Waals surface area contributed by atoms with Gasteiger partial charge < -0.3 is 11.1 Å². The SMILES string of the molecule is NCC1(F)CCNC1. The van der Waals surface area contributed by atoms with E-state index in [0.29, 0.717) is 13.0 Å². The van der Waals surface area contributed by atoms with Gasteiger partial charge in [0.25, 0.3) is 0 Å². The number of rotatable bonds is 1. The summed E-state index contributed by atoms with van der Waals surface area (Å²) >= 11 is 0. The summed E-state index contributed by atoms with van der Waals surface area (Å²) < 4.78 is 12.9. The molecule has 48 valence electrons. The maximum Gasteiger partial charge on any atom is 0.136 e. The average Bonchev–Trinajstić information content (AvgIpc) is 2.17. The number of alkyl halides is 1. The predicted molar refractivity (Wildman–Crippen MR) is 30.4 cm³/mol. The fraction of sp³-hybridized carbons (Fsp3) is 1.00. The molecule has 3 N–H and O–H groups in total. The second-order valence-electron chi connectivity index (χ2n) is 2.28. The first kappa shape index (κ1) is 5.98. The second-order valence-corrected chi connectivity index (χ2v) is 2.28. The van der Waals surface area contributed by atoms with Crippen molar-refractivity contribution in [1.82, 2.24) is 5.32 Å². The Hall–Kier alpha value is -0.150. The minimum absolute atomic E-state index is 0.153. The molecule has 0 aromatic carbocycles. The fourth-order valence-electron chi connectivity index (χ4n) is 0.887. The van der Waals surface area contributed by atoms with Gasteiger partial charge in [0.05, 0.1) is 0 Å². The molecule has 0 amide bonds. The largest absolute Gasteiger partial charge is 0.327 e. The zero-order valence-corrected chi connectivity index (χ0v) is 4.78. The monoisotopic (exact) mass is 118 g/mol. The van der Waals surface area contributed by atoms with Crippen LogP contribution in [0.1, 0.15) is 6.42 Å². The molecular formula is C5H11FN2. The number of hydrogen-bond acceptors (Lipinski definition) is 2. The third-order valence-corrected chi connectivity index (χ3v) is 1.56. The number of nitrogens with one attached hydrogen (secondary N) is 1. The molecule has 0 spiro atoms. The third kappa shape index (κ3) is 0.980. The van der Waals surface area contributed by atoms with Crippen LogP contribution in [0.25, 0.3) is 0 Å². The summed E-state index contributed by atoms with van der Waals surface area (Å²) in [7, 11) is 0. The summed E-state index contributed by atoms with van der Waals surface area (Å²) in [6.45, 7) is 1.36. The van der Waals surface area contributed by atoms with Crippen LogP contribution in [0.15, 0.2) is 0 Å². The molecule has 1 saturated heterocycles. The van der Waals surface area contributed by atoms with Gasteiger partial charge in [0.1, 0.15) is 5.67 Å². The molecule has 1 atom stereocenters. The van der Waals surface area contributed by atoms with Crippen molar-refractivity contribution in [3.05, 3.63) is 0 Å². The molecule has 0 aliphatic carbocycles. The highest BCUT2D eigenvalue weighted by molar-refractivity contribution is 4.88. The molecule has 0 radical (unpaired) electrons. The van der Waals surface area contributed by atoms with Crippen LogP contribution in [0.4, 0.5) is 4.39 Å². The molecule has 2 nitrogen and oxygen atoms in total. The van der Waals surface area contributed by atoms with Crippen LogP contribution < -0.4 is 11.1 Å². The van der Waals surface area contributed by atoms with E-state index in [9.17, 15) is 4.39 Å². The first-order valence-corrected chi connectivity index (χ1v) is 2.86. The topological polar surface area (TPSA) is 38.0 Å². The molecule has 0 aromatic heterocycles. The molecule has 1 aliphatic rings. The van der Waals surface area contributed by atoms with Crippen molar-refractivity contribution in [1.29, 1.82) is 0 Å². The van der Waals surface area contributed by atoms with Crippen LogP contribution >= 0.6 is 0 Å². The quantitative estimate of drug-likeness (QED) is 0.493. The van der Waals surface area contributed by atoms with Gasteiger partial charge in [-0.3, -0.25) is 0 Å². The van der Waals surface area contributed by atoms with E-state index in [1.54, 1.807) is 0 Å². The van der Waals surface area contributed by atoms with Gasteiger partial charge >= 0.3 is 0 Å². The summed E-state index contributed by atoms with van der Waals surface area (Å²) in [6, 6.07) is 0. The molecule has 1 heterocycles. The predicted octanol–water partition coefficient (Wildman–Crippen LogP) is -0.353. The summed E-state index contributed by atoms with van der Waals surface area (Å²) in [5.74, 6) is 0. The average molecular weight is 118 g/mol. The van der Waals surface area contributed by atoms with Crippen molar-refractivity contribution in [3.8, 4) is 0 Å². The number of halogens is 1. The van der Waals surface area contributed by atoms with Crippen LogP contribution in [0.5, 0.6) is 0 Å². The standard InChI is InChI=1S/C5H11FN2/c6-5(3-7)1-2-8-4-5/h8H,1-4,7H2. The minimum atomic E-state index is -1.10. The van der Waals surface area contributed by atoms with Crippen LogP contribution in [-0.4, -0.2) is 25.3 Å². The molecule has 1 aliphatic heterocycles.